The summed E-state index contributed by atoms with van der Waals surface area (Å²) in [5.41, 5.74) is 0.304. The first-order valence-electron chi connectivity index (χ1n) is 7.38. The number of aromatic nitrogens is 2. The van der Waals surface area contributed by atoms with Crippen LogP contribution in [0.5, 0.6) is 0 Å². The smallest absolute Gasteiger partial charge is 0.224 e. The Morgan fingerprint density at radius 2 is 1.95 bits per heavy atom. The normalized spacial score (nSPS) is 11.4. The second-order valence-electron chi connectivity index (χ2n) is 5.77. The molecule has 0 aliphatic rings. The van der Waals surface area contributed by atoms with Crippen molar-refractivity contribution in [3.8, 4) is 0 Å². The minimum absolute atomic E-state index is 0.304. The van der Waals surface area contributed by atoms with Crippen molar-refractivity contribution in [3.63, 3.8) is 0 Å². The molecule has 0 saturated heterocycles. The number of hydrogen-bond acceptors (Lipinski definition) is 4. The first kappa shape index (κ1) is 15.7. The number of unbranched alkanes of at least 4 members (excludes halogenated alkanes) is 2. The molecule has 0 atom stereocenters. The highest BCUT2D eigenvalue weighted by Gasteiger charge is 2.17. The van der Waals surface area contributed by atoms with E-state index in [1.54, 1.807) is 6.20 Å². The molecule has 2 N–H and O–H groups in total. The molecule has 0 radical (unpaired) electrons. The number of rotatable bonds is 9. The van der Waals surface area contributed by atoms with E-state index in [0.717, 1.165) is 18.9 Å². The predicted molar refractivity (Wildman–Crippen MR) is 82.6 cm³/mol. The summed E-state index contributed by atoms with van der Waals surface area (Å²) in [6.45, 7) is 10.7. The maximum absolute atomic E-state index is 4.43. The molecule has 4 nitrogen and oxygen atoms in total. The first-order valence-corrected chi connectivity index (χ1v) is 7.38. The van der Waals surface area contributed by atoms with Crippen molar-refractivity contribution in [1.29, 1.82) is 0 Å². The summed E-state index contributed by atoms with van der Waals surface area (Å²) >= 11 is 0. The van der Waals surface area contributed by atoms with Crippen LogP contribution in [0.15, 0.2) is 12.3 Å². The molecule has 0 aromatic carbocycles. The largest absolute Gasteiger partial charge is 0.369 e. The maximum Gasteiger partial charge on any atom is 0.224 e. The molecular formula is C15H28N4. The van der Waals surface area contributed by atoms with E-state index >= 15 is 0 Å². The standard InChI is InChI=1S/C15H28N4/c1-5-7-8-10-15(3,4)12-18-13-9-11-17-14(19-13)16-6-2/h9,11H,5-8,10,12H2,1-4H3,(H2,16,17,18,19). The molecule has 0 amide bonds. The third-order valence-electron chi connectivity index (χ3n) is 3.20. The number of nitrogens with one attached hydrogen (secondary N) is 2. The molecule has 1 aromatic heterocycles. The molecule has 0 spiro atoms. The van der Waals surface area contributed by atoms with Gasteiger partial charge in [0.2, 0.25) is 5.95 Å². The monoisotopic (exact) mass is 264 g/mol. The Morgan fingerprint density at radius 3 is 2.63 bits per heavy atom. The summed E-state index contributed by atoms with van der Waals surface area (Å²) in [5.74, 6) is 1.59. The second-order valence-corrected chi connectivity index (χ2v) is 5.77. The van der Waals surface area contributed by atoms with Gasteiger partial charge in [0.1, 0.15) is 5.82 Å². The SMILES string of the molecule is CCCCCC(C)(C)CNc1ccnc(NCC)n1. The summed E-state index contributed by atoms with van der Waals surface area (Å²) in [7, 11) is 0. The van der Waals surface area contributed by atoms with Crippen molar-refractivity contribution >= 4 is 11.8 Å². The van der Waals surface area contributed by atoms with Gasteiger partial charge < -0.3 is 10.6 Å². The van der Waals surface area contributed by atoms with E-state index < -0.39 is 0 Å². The molecule has 0 unspecified atom stereocenters. The van der Waals surface area contributed by atoms with Crippen LogP contribution in [0.4, 0.5) is 11.8 Å². The van der Waals surface area contributed by atoms with Crippen molar-refractivity contribution in [2.75, 3.05) is 23.7 Å². The average molecular weight is 264 g/mol. The van der Waals surface area contributed by atoms with Gasteiger partial charge in [0.15, 0.2) is 0 Å². The summed E-state index contributed by atoms with van der Waals surface area (Å²) < 4.78 is 0. The Kier molecular flexibility index (Phi) is 6.60. The molecule has 4 heteroatoms. The van der Waals surface area contributed by atoms with Gasteiger partial charge in [-0.3, -0.25) is 0 Å². The van der Waals surface area contributed by atoms with Crippen molar-refractivity contribution in [1.82, 2.24) is 9.97 Å². The van der Waals surface area contributed by atoms with E-state index in [1.807, 2.05) is 13.0 Å². The van der Waals surface area contributed by atoms with E-state index in [1.165, 1.54) is 25.7 Å². The van der Waals surface area contributed by atoms with E-state index in [2.05, 4.69) is 41.4 Å². The zero-order valence-electron chi connectivity index (χ0n) is 12.8. The number of nitrogens with zero attached hydrogens (tertiary/aromatic N) is 2. The van der Waals surface area contributed by atoms with Crippen LogP contribution in [0.3, 0.4) is 0 Å². The average Bonchev–Trinajstić information content (AvgIpc) is 2.38. The fraction of sp³-hybridized carbons (Fsp3) is 0.733. The second kappa shape index (κ2) is 7.97. The number of hydrogen-bond donors (Lipinski definition) is 2. The lowest BCUT2D eigenvalue weighted by molar-refractivity contribution is 0.342. The minimum atomic E-state index is 0.304. The van der Waals surface area contributed by atoms with Crippen LogP contribution in [0.25, 0.3) is 0 Å². The third-order valence-corrected chi connectivity index (χ3v) is 3.20. The van der Waals surface area contributed by atoms with Gasteiger partial charge in [-0.15, -0.1) is 0 Å². The van der Waals surface area contributed by atoms with Crippen molar-refractivity contribution in [2.45, 2.75) is 53.4 Å². The molecule has 0 saturated carbocycles. The fourth-order valence-corrected chi connectivity index (χ4v) is 1.97. The van der Waals surface area contributed by atoms with Crippen LogP contribution >= 0.6 is 0 Å². The maximum atomic E-state index is 4.43. The van der Waals surface area contributed by atoms with E-state index in [0.29, 0.717) is 11.4 Å². The Balaban J connectivity index is 2.44. The summed E-state index contributed by atoms with van der Waals surface area (Å²) in [6.07, 6.45) is 6.94. The van der Waals surface area contributed by atoms with Gasteiger partial charge in [0, 0.05) is 19.3 Å². The van der Waals surface area contributed by atoms with Crippen LogP contribution in [0.1, 0.15) is 53.4 Å². The molecule has 1 heterocycles. The Hall–Kier alpha value is -1.32. The molecule has 0 aliphatic carbocycles. The Labute approximate surface area is 117 Å². The molecule has 19 heavy (non-hydrogen) atoms. The molecular weight excluding hydrogens is 236 g/mol. The van der Waals surface area contributed by atoms with Gasteiger partial charge in [-0.1, -0.05) is 40.0 Å². The third kappa shape index (κ3) is 6.41. The minimum Gasteiger partial charge on any atom is -0.369 e. The quantitative estimate of drug-likeness (QED) is 0.664. The highest BCUT2D eigenvalue weighted by molar-refractivity contribution is 5.39. The number of anilines is 2. The molecule has 0 fully saturated rings. The zero-order chi connectivity index (χ0) is 14.1. The summed E-state index contributed by atoms with van der Waals surface area (Å²) in [4.78, 5) is 8.60. The van der Waals surface area contributed by atoms with Crippen molar-refractivity contribution < 1.29 is 0 Å². The van der Waals surface area contributed by atoms with Crippen molar-refractivity contribution in [3.05, 3.63) is 12.3 Å². The van der Waals surface area contributed by atoms with Gasteiger partial charge in [0.25, 0.3) is 0 Å². The van der Waals surface area contributed by atoms with E-state index in [4.69, 9.17) is 0 Å². The van der Waals surface area contributed by atoms with Gasteiger partial charge in [-0.25, -0.2) is 4.98 Å². The lowest BCUT2D eigenvalue weighted by atomic mass is 9.87. The van der Waals surface area contributed by atoms with Gasteiger partial charge in [-0.2, -0.15) is 4.98 Å². The van der Waals surface area contributed by atoms with Crippen LogP contribution in [0.2, 0.25) is 0 Å². The highest BCUT2D eigenvalue weighted by atomic mass is 15.1. The lowest BCUT2D eigenvalue weighted by Gasteiger charge is -2.25. The van der Waals surface area contributed by atoms with Crippen molar-refractivity contribution in [2.24, 2.45) is 5.41 Å². The van der Waals surface area contributed by atoms with Crippen LogP contribution in [-0.4, -0.2) is 23.1 Å². The summed E-state index contributed by atoms with van der Waals surface area (Å²) in [6, 6.07) is 1.92. The lowest BCUT2D eigenvalue weighted by Crippen LogP contribution is -2.23. The van der Waals surface area contributed by atoms with Gasteiger partial charge >= 0.3 is 0 Å². The van der Waals surface area contributed by atoms with E-state index in [-0.39, 0.29) is 0 Å². The predicted octanol–water partition coefficient (Wildman–Crippen LogP) is 3.93. The molecule has 0 aliphatic heterocycles. The van der Waals surface area contributed by atoms with Crippen LogP contribution in [-0.2, 0) is 0 Å². The van der Waals surface area contributed by atoms with Crippen LogP contribution in [0, 0.1) is 5.41 Å². The zero-order valence-corrected chi connectivity index (χ0v) is 12.8. The Bertz CT molecular complexity index is 363. The van der Waals surface area contributed by atoms with Gasteiger partial charge in [-0.05, 0) is 24.8 Å². The van der Waals surface area contributed by atoms with Gasteiger partial charge in [0.05, 0.1) is 0 Å². The fourth-order valence-electron chi connectivity index (χ4n) is 1.97. The first-order chi connectivity index (χ1) is 9.07. The summed E-state index contributed by atoms with van der Waals surface area (Å²) in [5, 5.41) is 6.54. The molecule has 108 valence electrons. The highest BCUT2D eigenvalue weighted by Crippen LogP contribution is 2.24. The molecule has 1 rings (SSSR count). The molecule has 1 aromatic rings. The van der Waals surface area contributed by atoms with Crippen LogP contribution < -0.4 is 10.6 Å². The topological polar surface area (TPSA) is 49.8 Å². The molecule has 0 bridgehead atoms. The van der Waals surface area contributed by atoms with E-state index in [9.17, 15) is 0 Å². The Morgan fingerprint density at radius 1 is 1.16 bits per heavy atom.